The number of rotatable bonds is 20. The van der Waals surface area contributed by atoms with Crippen molar-refractivity contribution in [3.05, 3.63) is 141 Å². The van der Waals surface area contributed by atoms with E-state index in [0.29, 0.717) is 5.56 Å². The number of aromatic carboxylic acids is 1. The molecular formula is C47H46N6O15. The Balaban J connectivity index is 1.28. The molecule has 0 aliphatic carbocycles. The number of carboxylic acid groups (broad SMARTS) is 1. The summed E-state index contributed by atoms with van der Waals surface area (Å²) in [5, 5.41) is 62.4. The third-order valence-corrected chi connectivity index (χ3v) is 9.88. The number of aliphatic hydroxyl groups excluding tert-OH is 1. The molecule has 0 spiro atoms. The molecule has 0 fully saturated rings. The lowest BCUT2D eigenvalue weighted by Gasteiger charge is -2.23. The number of carboxylic acids is 1. The zero-order chi connectivity index (χ0) is 50.0. The lowest BCUT2D eigenvalue weighted by atomic mass is 9.91. The fourth-order valence-electron chi connectivity index (χ4n) is 6.51. The lowest BCUT2D eigenvalue weighted by Crippen LogP contribution is -2.52. The summed E-state index contributed by atoms with van der Waals surface area (Å²) >= 11 is 0. The molecule has 21 heteroatoms. The highest BCUT2D eigenvalue weighted by atomic mass is 16.6. The number of anilines is 3. The number of nitro benzene ring substituents is 1. The maximum atomic E-state index is 13.7. The number of benzene rings is 5. The van der Waals surface area contributed by atoms with E-state index in [-0.39, 0.29) is 62.9 Å². The van der Waals surface area contributed by atoms with Gasteiger partial charge in [0.1, 0.15) is 11.6 Å². The van der Waals surface area contributed by atoms with Gasteiger partial charge in [-0.2, -0.15) is 0 Å². The molecule has 0 aromatic heterocycles. The van der Waals surface area contributed by atoms with E-state index in [1.54, 1.807) is 27.7 Å². The van der Waals surface area contributed by atoms with Crippen molar-refractivity contribution in [2.45, 2.75) is 52.4 Å². The van der Waals surface area contributed by atoms with E-state index in [2.05, 4.69) is 21.3 Å². The summed E-state index contributed by atoms with van der Waals surface area (Å²) in [6.07, 6.45) is -1.49. The quantitative estimate of drug-likeness (QED) is 0.0365. The summed E-state index contributed by atoms with van der Waals surface area (Å²) in [7, 11) is 0. The fraction of sp³-hybridized carbons (Fsp3) is 0.213. The second-order valence-electron chi connectivity index (χ2n) is 15.5. The topological polar surface area (TPSA) is 336 Å². The van der Waals surface area contributed by atoms with Crippen LogP contribution in [0.15, 0.2) is 97.1 Å². The number of carbonyl (C=O) groups is 7. The van der Waals surface area contributed by atoms with Crippen LogP contribution in [0.4, 0.5) is 22.7 Å². The van der Waals surface area contributed by atoms with Crippen molar-refractivity contribution in [1.29, 1.82) is 0 Å². The minimum Gasteiger partial charge on any atom is -0.504 e. The zero-order valence-corrected chi connectivity index (χ0v) is 36.8. The Morgan fingerprint density at radius 1 is 0.632 bits per heavy atom. The van der Waals surface area contributed by atoms with Crippen LogP contribution in [-0.4, -0.2) is 91.5 Å². The molecule has 2 atom stereocenters. The molecule has 0 heterocycles. The number of nitro groups is 1. The number of Topliss-reactive ketones (excluding diaryl/α,β-unsaturated/α-hetero) is 1. The number of phenols is 2. The SMILES string of the molecule is CC(C)Oc1c(NC(=O)c2ccc(NC(=O)c3ccc(CC(=O)[C@@H](NC(=O)c4ccc(NC(=O)c5ccc([N+](=O)[O-])cc5)cc4)[C@H](CO)C(N)=O)cc3)c(OC(C)C)c2O)ccc(C(=O)O)c1O. The molecule has 0 radical (unpaired) electrons. The van der Waals surface area contributed by atoms with Crippen LogP contribution in [0.1, 0.15) is 85.0 Å². The number of amides is 5. The molecule has 0 aliphatic heterocycles. The van der Waals surface area contributed by atoms with Crippen LogP contribution in [0, 0.1) is 16.0 Å². The minimum absolute atomic E-state index is 0.0116. The number of ketones is 1. The van der Waals surface area contributed by atoms with Crippen molar-refractivity contribution >= 4 is 64.0 Å². The number of hydrogen-bond donors (Lipinski definition) is 9. The Morgan fingerprint density at radius 3 is 1.57 bits per heavy atom. The number of aromatic hydroxyl groups is 2. The Hall–Kier alpha value is -8.85. The molecule has 0 bridgehead atoms. The molecule has 0 unspecified atom stereocenters. The van der Waals surface area contributed by atoms with Crippen molar-refractivity contribution in [3.8, 4) is 23.0 Å². The Labute approximate surface area is 387 Å². The summed E-state index contributed by atoms with van der Waals surface area (Å²) in [6, 6.07) is 19.1. The Bertz CT molecular complexity index is 2760. The van der Waals surface area contributed by atoms with E-state index in [1.165, 1.54) is 91.0 Å². The van der Waals surface area contributed by atoms with Crippen LogP contribution in [-0.2, 0) is 16.0 Å². The molecule has 10 N–H and O–H groups in total. The first kappa shape index (κ1) is 50.2. The van der Waals surface area contributed by atoms with Gasteiger partial charge in [-0.1, -0.05) is 12.1 Å². The number of nitrogens with one attached hydrogen (secondary N) is 4. The minimum atomic E-state index is -1.59. The van der Waals surface area contributed by atoms with Gasteiger partial charge in [0.2, 0.25) is 5.91 Å². The summed E-state index contributed by atoms with van der Waals surface area (Å²) in [4.78, 5) is 101. The first-order chi connectivity index (χ1) is 32.2. The van der Waals surface area contributed by atoms with Crippen LogP contribution < -0.4 is 36.5 Å². The molecule has 5 aromatic carbocycles. The molecule has 68 heavy (non-hydrogen) atoms. The standard InChI is InChI=1S/C47H46N6O15/c1-23(2)67-40-34(19-17-31(38(40)56)46(62)51-35-20-18-32(47(63)64)39(57)41(35)68-24(3)4)50-44(60)26-7-5-25(6-8-26)21-36(55)37(33(22-54)42(48)58)52-45(61)27-9-13-29(14-10-27)49-43(59)28-11-15-30(16-12-28)53(65)66/h5-20,23-24,33,37,54,56-57H,21-22H2,1-4H3,(H2,48,58)(H,49,59)(H,50,60)(H,51,62)(H,52,61)(H,63,64)/t33-,37-/m0/s1. The van der Waals surface area contributed by atoms with Crippen LogP contribution >= 0.6 is 0 Å². The molecule has 21 nitrogen and oxygen atoms in total. The van der Waals surface area contributed by atoms with E-state index >= 15 is 0 Å². The van der Waals surface area contributed by atoms with Gasteiger partial charge in [-0.3, -0.25) is 38.9 Å². The normalized spacial score (nSPS) is 11.8. The lowest BCUT2D eigenvalue weighted by molar-refractivity contribution is -0.384. The summed E-state index contributed by atoms with van der Waals surface area (Å²) in [5.41, 5.74) is 5.19. The first-order valence-corrected chi connectivity index (χ1v) is 20.6. The molecule has 5 rings (SSSR count). The highest BCUT2D eigenvalue weighted by Gasteiger charge is 2.34. The molecule has 0 saturated heterocycles. The molecular weight excluding hydrogens is 889 g/mol. The van der Waals surface area contributed by atoms with Gasteiger partial charge in [-0.15, -0.1) is 0 Å². The maximum Gasteiger partial charge on any atom is 0.339 e. The number of carbonyl (C=O) groups excluding carboxylic acids is 6. The number of nitrogens with two attached hydrogens (primary N) is 1. The molecule has 5 amide bonds. The van der Waals surface area contributed by atoms with E-state index in [4.69, 9.17) is 15.2 Å². The second kappa shape index (κ2) is 21.9. The van der Waals surface area contributed by atoms with E-state index in [0.717, 1.165) is 6.07 Å². The summed E-state index contributed by atoms with van der Waals surface area (Å²) in [5.74, 6) is -9.72. The van der Waals surface area contributed by atoms with Gasteiger partial charge in [0.15, 0.2) is 28.8 Å². The van der Waals surface area contributed by atoms with E-state index in [9.17, 15) is 64.1 Å². The maximum absolute atomic E-state index is 13.7. The Morgan fingerprint density at radius 2 is 1.09 bits per heavy atom. The summed E-state index contributed by atoms with van der Waals surface area (Å²) in [6.45, 7) is 5.63. The zero-order valence-electron chi connectivity index (χ0n) is 36.8. The predicted molar refractivity (Wildman–Crippen MR) is 244 cm³/mol. The second-order valence-corrected chi connectivity index (χ2v) is 15.5. The van der Waals surface area contributed by atoms with Crippen molar-refractivity contribution in [3.63, 3.8) is 0 Å². The van der Waals surface area contributed by atoms with Crippen LogP contribution in [0.3, 0.4) is 0 Å². The van der Waals surface area contributed by atoms with Gasteiger partial charge in [0, 0.05) is 40.9 Å². The van der Waals surface area contributed by atoms with Gasteiger partial charge in [-0.25, -0.2) is 4.79 Å². The van der Waals surface area contributed by atoms with E-state index < -0.39 is 94.0 Å². The van der Waals surface area contributed by atoms with Gasteiger partial charge >= 0.3 is 5.97 Å². The average Bonchev–Trinajstić information content (AvgIpc) is 3.28. The average molecular weight is 935 g/mol. The Kier molecular flexibility index (Phi) is 16.1. The van der Waals surface area contributed by atoms with E-state index in [1.807, 2.05) is 0 Å². The monoisotopic (exact) mass is 934 g/mol. The van der Waals surface area contributed by atoms with Crippen molar-refractivity contribution in [2.24, 2.45) is 11.7 Å². The number of ether oxygens (including phenoxy) is 2. The van der Waals surface area contributed by atoms with Gasteiger partial charge in [0.05, 0.1) is 46.6 Å². The van der Waals surface area contributed by atoms with Gasteiger partial charge < -0.3 is 56.9 Å². The molecule has 0 saturated carbocycles. The predicted octanol–water partition coefficient (Wildman–Crippen LogP) is 5.04. The third kappa shape index (κ3) is 12.3. The number of hydrogen-bond acceptors (Lipinski definition) is 14. The highest BCUT2D eigenvalue weighted by Crippen LogP contribution is 2.41. The van der Waals surface area contributed by atoms with Crippen molar-refractivity contribution in [2.75, 3.05) is 22.6 Å². The molecule has 354 valence electrons. The van der Waals surface area contributed by atoms with Gasteiger partial charge in [-0.05, 0) is 106 Å². The van der Waals surface area contributed by atoms with Crippen LogP contribution in [0.25, 0.3) is 0 Å². The van der Waals surface area contributed by atoms with Crippen molar-refractivity contribution < 1.29 is 68.4 Å². The third-order valence-electron chi connectivity index (χ3n) is 9.88. The largest absolute Gasteiger partial charge is 0.504 e. The molecule has 5 aromatic rings. The fourth-order valence-corrected chi connectivity index (χ4v) is 6.51. The van der Waals surface area contributed by atoms with Crippen LogP contribution in [0.5, 0.6) is 23.0 Å². The highest BCUT2D eigenvalue weighted by molar-refractivity contribution is 6.10. The first-order valence-electron chi connectivity index (χ1n) is 20.6. The number of primary amides is 1. The molecule has 0 aliphatic rings. The van der Waals surface area contributed by atoms with Crippen molar-refractivity contribution in [1.82, 2.24) is 5.32 Å². The number of phenolic OH excluding ortho intramolecular Hbond substituents is 1. The number of non-ortho nitro benzene ring substituents is 1. The smallest absolute Gasteiger partial charge is 0.339 e. The number of nitrogens with zero attached hydrogens (tertiary/aromatic N) is 1. The summed E-state index contributed by atoms with van der Waals surface area (Å²) < 4.78 is 11.4. The van der Waals surface area contributed by atoms with Gasteiger partial charge in [0.25, 0.3) is 29.3 Å². The van der Waals surface area contributed by atoms with Crippen LogP contribution in [0.2, 0.25) is 0 Å². The number of aliphatic hydroxyl groups is 1.